The van der Waals surface area contributed by atoms with Crippen LogP contribution in [0.4, 0.5) is 0 Å². The second-order valence-electron chi connectivity index (χ2n) is 1.09. The molecule has 1 atom stereocenters. The van der Waals surface area contributed by atoms with Gasteiger partial charge >= 0.3 is 0 Å². The molecule has 0 amide bonds. The van der Waals surface area contributed by atoms with Gasteiger partial charge in [0, 0.05) is 18.6 Å². The van der Waals surface area contributed by atoms with Crippen molar-refractivity contribution < 1.29 is 18.6 Å². The number of nitrogens with zero attached hydrogens (tertiary/aromatic N) is 3. The first-order chi connectivity index (χ1) is 3.31. The van der Waals surface area contributed by atoms with Gasteiger partial charge in [0.05, 0.1) is 0 Å². The molecular weight excluding hydrogens is 141 g/mol. The van der Waals surface area contributed by atoms with Gasteiger partial charge in [0.25, 0.3) is 0 Å². The van der Waals surface area contributed by atoms with Gasteiger partial charge < -0.3 is 6.08 Å². The zero-order valence-electron chi connectivity index (χ0n) is 4.57. The van der Waals surface area contributed by atoms with Crippen molar-refractivity contribution in [3.05, 3.63) is 23.1 Å². The third-order valence-corrected chi connectivity index (χ3v) is 0.520. The summed E-state index contributed by atoms with van der Waals surface area (Å²) in [6.07, 6.45) is 2.50. The van der Waals surface area contributed by atoms with Crippen molar-refractivity contribution in [2.75, 3.05) is 0 Å². The van der Waals surface area contributed by atoms with Gasteiger partial charge in [0.15, 0.2) is 0 Å². The molecule has 0 spiro atoms. The molecule has 43 valence electrons. The van der Waals surface area contributed by atoms with Crippen LogP contribution in [-0.2, 0) is 18.6 Å². The van der Waals surface area contributed by atoms with Gasteiger partial charge in [0.1, 0.15) is 0 Å². The van der Waals surface area contributed by atoms with Crippen molar-refractivity contribution in [2.24, 2.45) is 5.11 Å². The fourth-order valence-electron chi connectivity index (χ4n) is 0.118. The Balaban J connectivity index is 0. The van der Waals surface area contributed by atoms with Crippen LogP contribution < -0.4 is 0 Å². The van der Waals surface area contributed by atoms with E-state index in [9.17, 15) is 0 Å². The second kappa shape index (κ2) is 6.63. The molecule has 0 heterocycles. The Morgan fingerprint density at radius 1 is 1.88 bits per heavy atom. The first-order valence-corrected chi connectivity index (χ1v) is 1.88. The fraction of sp³-hybridized carbons (Fsp3) is 0.500. The first-order valence-electron chi connectivity index (χ1n) is 1.88. The van der Waals surface area contributed by atoms with E-state index >= 15 is 0 Å². The average molecular weight is 147 g/mol. The summed E-state index contributed by atoms with van der Waals surface area (Å²) < 4.78 is 0. The van der Waals surface area contributed by atoms with Crippen molar-refractivity contribution in [3.8, 4) is 0 Å². The second-order valence-corrected chi connectivity index (χ2v) is 1.09. The summed E-state index contributed by atoms with van der Waals surface area (Å²) >= 11 is 0. The van der Waals surface area contributed by atoms with Crippen molar-refractivity contribution in [2.45, 2.75) is 13.0 Å². The maximum Gasteiger partial charge on any atom is 0 e. The number of rotatable bonds is 2. The third kappa shape index (κ3) is 5.63. The van der Waals surface area contributed by atoms with E-state index in [1.165, 1.54) is 0 Å². The van der Waals surface area contributed by atoms with Gasteiger partial charge in [-0.05, 0) is 10.4 Å². The fourth-order valence-corrected chi connectivity index (χ4v) is 0.118. The van der Waals surface area contributed by atoms with Crippen LogP contribution in [0.1, 0.15) is 6.92 Å². The predicted molar refractivity (Wildman–Crippen MR) is 27.5 cm³/mol. The zero-order valence-corrected chi connectivity index (χ0v) is 5.97. The smallest absolute Gasteiger partial charge is 0 e. The van der Waals surface area contributed by atoms with Gasteiger partial charge in [-0.25, -0.2) is 0 Å². The summed E-state index contributed by atoms with van der Waals surface area (Å²) in [5.41, 5.74) is 7.76. The molecule has 3 nitrogen and oxygen atoms in total. The molecule has 0 aromatic heterocycles. The van der Waals surface area contributed by atoms with Crippen molar-refractivity contribution in [3.63, 3.8) is 0 Å². The van der Waals surface area contributed by atoms with E-state index < -0.39 is 0 Å². The van der Waals surface area contributed by atoms with Crippen molar-refractivity contribution in [1.82, 2.24) is 0 Å². The van der Waals surface area contributed by atoms with E-state index in [4.69, 9.17) is 5.53 Å². The summed E-state index contributed by atoms with van der Waals surface area (Å²) in [5, 5.41) is 3.25. The Morgan fingerprint density at radius 3 is 2.50 bits per heavy atom. The molecule has 0 aromatic rings. The molecule has 0 aliphatic heterocycles. The molecule has 0 saturated heterocycles. The molecular formula is C4H6N3V-. The van der Waals surface area contributed by atoms with Crippen LogP contribution in [0.3, 0.4) is 0 Å². The van der Waals surface area contributed by atoms with E-state index in [1.807, 2.05) is 0 Å². The summed E-state index contributed by atoms with van der Waals surface area (Å²) in [7, 11) is 0. The predicted octanol–water partition coefficient (Wildman–Crippen LogP) is 1.67. The van der Waals surface area contributed by atoms with E-state index in [2.05, 4.69) is 22.7 Å². The minimum absolute atomic E-state index is 0. The van der Waals surface area contributed by atoms with Crippen LogP contribution in [0.25, 0.3) is 10.4 Å². The standard InChI is InChI=1S/C4H6N3.V/c1-3-4(2)6-7-5;/h4H,1H2,2H3;/q-1;. The van der Waals surface area contributed by atoms with Crippen LogP contribution in [0.5, 0.6) is 0 Å². The molecule has 0 N–H and O–H groups in total. The Morgan fingerprint density at radius 2 is 2.38 bits per heavy atom. The Labute approximate surface area is 60.3 Å². The molecule has 0 aliphatic rings. The van der Waals surface area contributed by atoms with Crippen LogP contribution in [0, 0.1) is 6.08 Å². The van der Waals surface area contributed by atoms with Gasteiger partial charge in [0.2, 0.25) is 0 Å². The topological polar surface area (TPSA) is 48.8 Å². The van der Waals surface area contributed by atoms with Gasteiger partial charge in [-0.3, -0.25) is 6.58 Å². The summed E-state index contributed by atoms with van der Waals surface area (Å²) in [6.45, 7) is 5.00. The SMILES string of the molecule is C=[C-]C(C)N=[N+]=[N-].[V]. The van der Waals surface area contributed by atoms with E-state index in [-0.39, 0.29) is 24.6 Å². The molecule has 1 unspecified atom stereocenters. The Bertz CT molecular complexity index is 106. The maximum atomic E-state index is 7.76. The number of hydrogen-bond donors (Lipinski definition) is 0. The van der Waals surface area contributed by atoms with Crippen LogP contribution in [-0.4, -0.2) is 6.04 Å². The largest absolute Gasteiger partial charge is 0.496 e. The average Bonchev–Trinajstić information content (AvgIpc) is 1.68. The third-order valence-electron chi connectivity index (χ3n) is 0.520. The van der Waals surface area contributed by atoms with E-state index in [0.29, 0.717) is 0 Å². The monoisotopic (exact) mass is 147 g/mol. The van der Waals surface area contributed by atoms with Crippen LogP contribution in [0.15, 0.2) is 11.7 Å². The maximum absolute atomic E-state index is 7.76. The van der Waals surface area contributed by atoms with Gasteiger partial charge in [-0.2, -0.15) is 0 Å². The normalized spacial score (nSPS) is 10.1. The molecule has 0 rings (SSSR count). The zero-order chi connectivity index (χ0) is 5.70. The molecule has 0 aromatic carbocycles. The minimum Gasteiger partial charge on any atom is -0.496 e. The summed E-state index contributed by atoms with van der Waals surface area (Å²) in [4.78, 5) is 2.53. The van der Waals surface area contributed by atoms with Crippen molar-refractivity contribution in [1.29, 1.82) is 0 Å². The minimum atomic E-state index is -0.204. The molecule has 0 aliphatic carbocycles. The summed E-state index contributed by atoms with van der Waals surface area (Å²) in [6, 6.07) is -0.204. The van der Waals surface area contributed by atoms with E-state index in [1.54, 1.807) is 6.92 Å². The first kappa shape index (κ1) is 10.6. The van der Waals surface area contributed by atoms with E-state index in [0.717, 1.165) is 0 Å². The molecule has 4 heteroatoms. The quantitative estimate of drug-likeness (QED) is 0.247. The van der Waals surface area contributed by atoms with Gasteiger partial charge in [-0.15, -0.1) is 5.11 Å². The molecule has 0 fully saturated rings. The Kier molecular flexibility index (Phi) is 8.78. The molecule has 0 saturated carbocycles. The number of azide groups is 1. The van der Waals surface area contributed by atoms with Crippen LogP contribution >= 0.6 is 0 Å². The molecule has 8 heavy (non-hydrogen) atoms. The molecule has 0 bridgehead atoms. The summed E-state index contributed by atoms with van der Waals surface area (Å²) in [5.74, 6) is 0. The van der Waals surface area contributed by atoms with Crippen molar-refractivity contribution >= 4 is 0 Å². The Hall–Kier alpha value is -0.366. The van der Waals surface area contributed by atoms with Crippen LogP contribution in [0.2, 0.25) is 0 Å². The number of hydrogen-bond acceptors (Lipinski definition) is 1. The molecule has 1 radical (unpaired) electrons. The van der Waals surface area contributed by atoms with Gasteiger partial charge in [-0.1, -0.05) is 13.0 Å².